The summed E-state index contributed by atoms with van der Waals surface area (Å²) in [6, 6.07) is 0.703. The highest BCUT2D eigenvalue weighted by molar-refractivity contribution is 7.99. The molecule has 3 rings (SSSR count). The van der Waals surface area contributed by atoms with Crippen molar-refractivity contribution in [3.63, 3.8) is 0 Å². The van der Waals surface area contributed by atoms with E-state index in [-0.39, 0.29) is 11.7 Å². The summed E-state index contributed by atoms with van der Waals surface area (Å²) in [6.45, 7) is 3.10. The number of nitrogens with zero attached hydrogens (tertiary/aromatic N) is 1. The average molecular weight is 271 g/mol. The van der Waals surface area contributed by atoms with Crippen LogP contribution in [-0.4, -0.2) is 59.0 Å². The molecule has 1 unspecified atom stereocenters. The number of aliphatic hydroxyl groups is 1. The first kappa shape index (κ1) is 13.2. The molecule has 0 aromatic rings. The number of aliphatic hydroxyl groups excluding tert-OH is 1. The molecule has 3 aliphatic heterocycles. The molecule has 18 heavy (non-hydrogen) atoms. The molecule has 1 N–H and O–H groups in total. The molecule has 0 aliphatic carbocycles. The number of thioether (sulfide) groups is 1. The molecular formula is C14H25NO2S. The first-order valence-electron chi connectivity index (χ1n) is 7.41. The van der Waals surface area contributed by atoms with Gasteiger partial charge in [-0.1, -0.05) is 0 Å². The Bertz CT molecular complexity index is 267. The van der Waals surface area contributed by atoms with Crippen LogP contribution in [0.5, 0.6) is 0 Å². The molecule has 0 aromatic heterocycles. The van der Waals surface area contributed by atoms with Crippen molar-refractivity contribution in [2.45, 2.75) is 56.3 Å². The second-order valence-electron chi connectivity index (χ2n) is 6.06. The molecule has 1 spiro atoms. The normalized spacial score (nSPS) is 34.8. The first-order chi connectivity index (χ1) is 8.77. The van der Waals surface area contributed by atoms with Crippen molar-refractivity contribution in [1.29, 1.82) is 0 Å². The number of rotatable bonds is 1. The summed E-state index contributed by atoms with van der Waals surface area (Å²) in [5.74, 6) is 2.54. The van der Waals surface area contributed by atoms with Crippen LogP contribution in [-0.2, 0) is 4.74 Å². The highest BCUT2D eigenvalue weighted by Crippen LogP contribution is 2.39. The lowest BCUT2D eigenvalue weighted by Crippen LogP contribution is -2.52. The Kier molecular flexibility index (Phi) is 4.18. The maximum atomic E-state index is 9.61. The van der Waals surface area contributed by atoms with Crippen molar-refractivity contribution in [2.24, 2.45) is 0 Å². The maximum absolute atomic E-state index is 9.61. The van der Waals surface area contributed by atoms with Crippen molar-refractivity contribution in [1.82, 2.24) is 4.90 Å². The maximum Gasteiger partial charge on any atom is 0.0713 e. The van der Waals surface area contributed by atoms with Crippen LogP contribution in [0.2, 0.25) is 0 Å². The zero-order valence-corrected chi connectivity index (χ0v) is 12.0. The zero-order valence-electron chi connectivity index (χ0n) is 11.1. The number of ether oxygens (including phenoxy) is 1. The third-order valence-corrected chi connectivity index (χ3v) is 5.87. The Morgan fingerprint density at radius 1 is 1.11 bits per heavy atom. The Balaban J connectivity index is 1.59. The van der Waals surface area contributed by atoms with Gasteiger partial charge >= 0.3 is 0 Å². The van der Waals surface area contributed by atoms with Gasteiger partial charge in [-0.2, -0.15) is 11.8 Å². The molecule has 104 valence electrons. The minimum atomic E-state index is -0.0545. The molecule has 3 heterocycles. The van der Waals surface area contributed by atoms with Crippen LogP contribution in [0.4, 0.5) is 0 Å². The molecule has 1 atom stereocenters. The van der Waals surface area contributed by atoms with E-state index >= 15 is 0 Å². The Hall–Kier alpha value is 0.230. The number of hydrogen-bond acceptors (Lipinski definition) is 4. The molecule has 3 fully saturated rings. The molecule has 0 aromatic carbocycles. The van der Waals surface area contributed by atoms with Crippen LogP contribution in [0.15, 0.2) is 0 Å². The van der Waals surface area contributed by atoms with Crippen LogP contribution in [0, 0.1) is 0 Å². The lowest BCUT2D eigenvalue weighted by molar-refractivity contribution is -0.114. The van der Waals surface area contributed by atoms with E-state index < -0.39 is 0 Å². The predicted molar refractivity (Wildman–Crippen MR) is 75.1 cm³/mol. The third-order valence-electron chi connectivity index (χ3n) is 4.89. The molecule has 0 saturated carbocycles. The topological polar surface area (TPSA) is 32.7 Å². The van der Waals surface area contributed by atoms with Crippen molar-refractivity contribution in [3.8, 4) is 0 Å². The number of piperidine rings is 1. The van der Waals surface area contributed by atoms with E-state index in [9.17, 15) is 5.11 Å². The van der Waals surface area contributed by atoms with Gasteiger partial charge in [0.25, 0.3) is 0 Å². The van der Waals surface area contributed by atoms with Gasteiger partial charge in [0.2, 0.25) is 0 Å². The van der Waals surface area contributed by atoms with Gasteiger partial charge in [0, 0.05) is 25.7 Å². The summed E-state index contributed by atoms with van der Waals surface area (Å²) >= 11 is 2.07. The summed E-state index contributed by atoms with van der Waals surface area (Å²) < 4.78 is 6.16. The van der Waals surface area contributed by atoms with E-state index in [2.05, 4.69) is 16.7 Å². The van der Waals surface area contributed by atoms with E-state index in [0.717, 1.165) is 32.5 Å². The fourth-order valence-electron chi connectivity index (χ4n) is 3.66. The molecule has 0 bridgehead atoms. The van der Waals surface area contributed by atoms with Gasteiger partial charge in [0.1, 0.15) is 0 Å². The predicted octanol–water partition coefficient (Wildman–Crippen LogP) is 1.89. The molecule has 4 heteroatoms. The summed E-state index contributed by atoms with van der Waals surface area (Å²) in [4.78, 5) is 2.61. The third kappa shape index (κ3) is 2.87. The lowest BCUT2D eigenvalue weighted by Gasteiger charge is -2.47. The van der Waals surface area contributed by atoms with Gasteiger partial charge in [0.15, 0.2) is 0 Å². The Morgan fingerprint density at radius 3 is 2.56 bits per heavy atom. The van der Waals surface area contributed by atoms with Crippen LogP contribution >= 0.6 is 11.8 Å². The largest absolute Gasteiger partial charge is 0.393 e. The average Bonchev–Trinajstić information content (AvgIpc) is 2.40. The summed E-state index contributed by atoms with van der Waals surface area (Å²) in [5.41, 5.74) is 0.199. The van der Waals surface area contributed by atoms with Gasteiger partial charge in [-0.05, 0) is 50.0 Å². The van der Waals surface area contributed by atoms with Gasteiger partial charge in [-0.3, -0.25) is 4.90 Å². The van der Waals surface area contributed by atoms with Gasteiger partial charge in [0.05, 0.1) is 11.7 Å². The van der Waals surface area contributed by atoms with E-state index in [1.165, 1.54) is 37.2 Å². The van der Waals surface area contributed by atoms with E-state index in [4.69, 9.17) is 4.74 Å². The Labute approximate surface area is 114 Å². The molecule has 3 aliphatic rings. The minimum Gasteiger partial charge on any atom is -0.393 e. The fourth-order valence-corrected chi connectivity index (χ4v) is 4.89. The standard InChI is InChI=1S/C14H25NO2S/c16-13-1-6-15(7-2-13)12-3-8-17-14(11-12)4-9-18-10-5-14/h12-13,16H,1-11H2. The van der Waals surface area contributed by atoms with E-state index in [0.29, 0.717) is 6.04 Å². The minimum absolute atomic E-state index is 0.0545. The van der Waals surface area contributed by atoms with E-state index in [1.54, 1.807) is 0 Å². The second-order valence-corrected chi connectivity index (χ2v) is 7.28. The van der Waals surface area contributed by atoms with Gasteiger partial charge in [-0.15, -0.1) is 0 Å². The highest BCUT2D eigenvalue weighted by atomic mass is 32.2. The number of hydrogen-bond donors (Lipinski definition) is 1. The van der Waals surface area contributed by atoms with Crippen LogP contribution in [0.25, 0.3) is 0 Å². The molecule has 0 radical (unpaired) electrons. The summed E-state index contributed by atoms with van der Waals surface area (Å²) in [7, 11) is 0. The summed E-state index contributed by atoms with van der Waals surface area (Å²) in [6.07, 6.45) is 6.76. The van der Waals surface area contributed by atoms with Crippen LogP contribution < -0.4 is 0 Å². The quantitative estimate of drug-likeness (QED) is 0.789. The first-order valence-corrected chi connectivity index (χ1v) is 8.57. The van der Waals surface area contributed by atoms with Crippen molar-refractivity contribution in [3.05, 3.63) is 0 Å². The Morgan fingerprint density at radius 2 is 1.83 bits per heavy atom. The van der Waals surface area contributed by atoms with Crippen molar-refractivity contribution in [2.75, 3.05) is 31.2 Å². The molecular weight excluding hydrogens is 246 g/mol. The lowest BCUT2D eigenvalue weighted by atomic mass is 9.84. The SMILES string of the molecule is OC1CCN(C2CCOC3(CCSCC3)C2)CC1. The molecule has 3 saturated heterocycles. The molecule has 0 amide bonds. The van der Waals surface area contributed by atoms with Crippen molar-refractivity contribution < 1.29 is 9.84 Å². The second kappa shape index (κ2) is 5.70. The number of likely N-dealkylation sites (tertiary alicyclic amines) is 1. The molecule has 3 nitrogen and oxygen atoms in total. The van der Waals surface area contributed by atoms with Crippen LogP contribution in [0.3, 0.4) is 0 Å². The van der Waals surface area contributed by atoms with Crippen molar-refractivity contribution >= 4 is 11.8 Å². The monoisotopic (exact) mass is 271 g/mol. The van der Waals surface area contributed by atoms with Gasteiger partial charge < -0.3 is 9.84 Å². The zero-order chi connectivity index (χ0) is 12.4. The van der Waals surface area contributed by atoms with Gasteiger partial charge in [-0.25, -0.2) is 0 Å². The highest BCUT2D eigenvalue weighted by Gasteiger charge is 2.40. The smallest absolute Gasteiger partial charge is 0.0713 e. The van der Waals surface area contributed by atoms with E-state index in [1.807, 2.05) is 0 Å². The fraction of sp³-hybridized carbons (Fsp3) is 1.00. The summed E-state index contributed by atoms with van der Waals surface area (Å²) in [5, 5.41) is 9.61. The van der Waals surface area contributed by atoms with Crippen LogP contribution in [0.1, 0.15) is 38.5 Å².